The lowest BCUT2D eigenvalue weighted by Gasteiger charge is -2.11. The molecule has 0 atom stereocenters. The van der Waals surface area contributed by atoms with Crippen LogP contribution in [0.5, 0.6) is 11.5 Å². The molecular formula is C17H17BrN2O3S. The number of rotatable bonds is 5. The van der Waals surface area contributed by atoms with Gasteiger partial charge in [-0.2, -0.15) is 0 Å². The van der Waals surface area contributed by atoms with Crippen LogP contribution in [0.4, 0.5) is 5.69 Å². The monoisotopic (exact) mass is 408 g/mol. The van der Waals surface area contributed by atoms with Crippen molar-refractivity contribution in [2.24, 2.45) is 0 Å². The summed E-state index contributed by atoms with van der Waals surface area (Å²) in [4.78, 5) is 12.3. The molecule has 0 fully saturated rings. The molecule has 0 unspecified atom stereocenters. The van der Waals surface area contributed by atoms with Crippen molar-refractivity contribution >= 4 is 44.9 Å². The average molecular weight is 409 g/mol. The lowest BCUT2D eigenvalue weighted by atomic mass is 10.2. The number of carbonyl (C=O) groups is 1. The largest absolute Gasteiger partial charge is 0.497 e. The smallest absolute Gasteiger partial charge is 0.257 e. The van der Waals surface area contributed by atoms with Gasteiger partial charge in [0, 0.05) is 17.3 Å². The highest BCUT2D eigenvalue weighted by Gasteiger charge is 2.11. The second-order valence-corrected chi connectivity index (χ2v) is 5.98. The zero-order chi connectivity index (χ0) is 17.5. The topological polar surface area (TPSA) is 59.6 Å². The minimum absolute atomic E-state index is 0.207. The molecule has 126 valence electrons. The van der Waals surface area contributed by atoms with E-state index in [1.54, 1.807) is 31.4 Å². The number of halogens is 1. The average Bonchev–Trinajstić information content (AvgIpc) is 2.56. The number of methoxy groups -OCH3 is 1. The first kappa shape index (κ1) is 18.2. The molecule has 0 saturated heterocycles. The Balaban J connectivity index is 2.00. The van der Waals surface area contributed by atoms with Crippen LogP contribution in [0.1, 0.15) is 17.3 Å². The number of thiocarbonyl (C=S) groups is 1. The third-order valence-electron chi connectivity index (χ3n) is 3.05. The van der Waals surface area contributed by atoms with Crippen LogP contribution in [-0.4, -0.2) is 24.7 Å². The molecular weight excluding hydrogens is 392 g/mol. The van der Waals surface area contributed by atoms with E-state index in [2.05, 4.69) is 26.6 Å². The normalized spacial score (nSPS) is 9.96. The van der Waals surface area contributed by atoms with E-state index in [1.807, 2.05) is 25.1 Å². The molecule has 0 aromatic heterocycles. The van der Waals surface area contributed by atoms with E-state index in [-0.39, 0.29) is 11.0 Å². The summed E-state index contributed by atoms with van der Waals surface area (Å²) in [5.41, 5.74) is 1.20. The van der Waals surface area contributed by atoms with Crippen LogP contribution in [0.25, 0.3) is 0 Å². The van der Waals surface area contributed by atoms with E-state index < -0.39 is 0 Å². The Morgan fingerprint density at radius 1 is 1.25 bits per heavy atom. The first-order chi connectivity index (χ1) is 11.5. The van der Waals surface area contributed by atoms with Crippen molar-refractivity contribution in [2.75, 3.05) is 19.0 Å². The van der Waals surface area contributed by atoms with Gasteiger partial charge in [-0.3, -0.25) is 10.1 Å². The molecule has 0 heterocycles. The molecule has 0 radical (unpaired) electrons. The molecule has 0 aliphatic carbocycles. The van der Waals surface area contributed by atoms with Gasteiger partial charge in [-0.1, -0.05) is 6.07 Å². The Hall–Kier alpha value is -2.12. The summed E-state index contributed by atoms with van der Waals surface area (Å²) in [6.45, 7) is 2.45. The van der Waals surface area contributed by atoms with Crippen molar-refractivity contribution in [3.05, 3.63) is 52.5 Å². The van der Waals surface area contributed by atoms with Gasteiger partial charge in [-0.15, -0.1) is 0 Å². The molecule has 2 rings (SSSR count). The SMILES string of the molecule is CCOc1ccc(C(=O)NC(=S)Nc2cccc(OC)c2)cc1Br. The summed E-state index contributed by atoms with van der Waals surface area (Å²) in [5.74, 6) is 1.08. The van der Waals surface area contributed by atoms with Gasteiger partial charge >= 0.3 is 0 Å². The number of hydrogen-bond donors (Lipinski definition) is 2. The highest BCUT2D eigenvalue weighted by Crippen LogP contribution is 2.26. The summed E-state index contributed by atoms with van der Waals surface area (Å²) >= 11 is 8.56. The molecule has 2 N–H and O–H groups in total. The first-order valence-corrected chi connectivity index (χ1v) is 8.42. The van der Waals surface area contributed by atoms with Gasteiger partial charge in [0.2, 0.25) is 0 Å². The Labute approximate surface area is 154 Å². The Morgan fingerprint density at radius 3 is 2.71 bits per heavy atom. The van der Waals surface area contributed by atoms with Crippen LogP contribution in [-0.2, 0) is 0 Å². The predicted molar refractivity (Wildman–Crippen MR) is 102 cm³/mol. The van der Waals surface area contributed by atoms with Crippen molar-refractivity contribution in [1.29, 1.82) is 0 Å². The van der Waals surface area contributed by atoms with Gasteiger partial charge in [0.15, 0.2) is 5.11 Å². The predicted octanol–water partition coefficient (Wildman–Crippen LogP) is 3.98. The maximum absolute atomic E-state index is 12.3. The second kappa shape index (κ2) is 8.65. The quantitative estimate of drug-likeness (QED) is 0.732. The zero-order valence-electron chi connectivity index (χ0n) is 13.3. The maximum atomic E-state index is 12.3. The number of ether oxygens (including phenoxy) is 2. The number of nitrogens with one attached hydrogen (secondary N) is 2. The molecule has 1 amide bonds. The summed E-state index contributed by atoms with van der Waals surface area (Å²) < 4.78 is 11.3. The summed E-state index contributed by atoms with van der Waals surface area (Å²) in [5, 5.41) is 5.79. The van der Waals surface area contributed by atoms with Crippen LogP contribution in [0, 0.1) is 0 Å². The molecule has 0 aliphatic heterocycles. The first-order valence-electron chi connectivity index (χ1n) is 7.22. The fourth-order valence-electron chi connectivity index (χ4n) is 1.95. The molecule has 2 aromatic carbocycles. The molecule has 0 saturated carbocycles. The highest BCUT2D eigenvalue weighted by molar-refractivity contribution is 9.10. The Kier molecular flexibility index (Phi) is 6.57. The zero-order valence-corrected chi connectivity index (χ0v) is 15.7. The molecule has 7 heteroatoms. The molecule has 5 nitrogen and oxygen atoms in total. The van der Waals surface area contributed by atoms with E-state index in [4.69, 9.17) is 21.7 Å². The van der Waals surface area contributed by atoms with Crippen LogP contribution in [0.2, 0.25) is 0 Å². The highest BCUT2D eigenvalue weighted by atomic mass is 79.9. The molecule has 24 heavy (non-hydrogen) atoms. The molecule has 0 bridgehead atoms. The number of anilines is 1. The number of carbonyl (C=O) groups excluding carboxylic acids is 1. The van der Waals surface area contributed by atoms with E-state index in [9.17, 15) is 4.79 Å². The minimum atomic E-state index is -0.306. The lowest BCUT2D eigenvalue weighted by Crippen LogP contribution is -2.34. The van der Waals surface area contributed by atoms with E-state index in [1.165, 1.54) is 0 Å². The second-order valence-electron chi connectivity index (χ2n) is 4.72. The van der Waals surface area contributed by atoms with Crippen molar-refractivity contribution in [1.82, 2.24) is 5.32 Å². The van der Waals surface area contributed by atoms with Gasteiger partial charge in [-0.05, 0) is 65.4 Å². The minimum Gasteiger partial charge on any atom is -0.497 e. The summed E-state index contributed by atoms with van der Waals surface area (Å²) in [7, 11) is 1.59. The van der Waals surface area contributed by atoms with Gasteiger partial charge in [0.05, 0.1) is 18.2 Å². The number of benzene rings is 2. The Bertz CT molecular complexity index is 752. The van der Waals surface area contributed by atoms with Gasteiger partial charge in [0.25, 0.3) is 5.91 Å². The fourth-order valence-corrected chi connectivity index (χ4v) is 2.66. The van der Waals surface area contributed by atoms with E-state index in [0.717, 1.165) is 5.69 Å². The van der Waals surface area contributed by atoms with Crippen LogP contribution in [0.3, 0.4) is 0 Å². The fraction of sp³-hybridized carbons (Fsp3) is 0.176. The van der Waals surface area contributed by atoms with Crippen molar-refractivity contribution in [3.8, 4) is 11.5 Å². The summed E-state index contributed by atoms with van der Waals surface area (Å²) in [6, 6.07) is 12.4. The van der Waals surface area contributed by atoms with Gasteiger partial charge in [-0.25, -0.2) is 0 Å². The van der Waals surface area contributed by atoms with E-state index >= 15 is 0 Å². The number of hydrogen-bond acceptors (Lipinski definition) is 4. The van der Waals surface area contributed by atoms with Crippen molar-refractivity contribution in [3.63, 3.8) is 0 Å². The molecule has 2 aromatic rings. The van der Waals surface area contributed by atoms with Gasteiger partial charge < -0.3 is 14.8 Å². The lowest BCUT2D eigenvalue weighted by molar-refractivity contribution is 0.0977. The van der Waals surface area contributed by atoms with Crippen molar-refractivity contribution < 1.29 is 14.3 Å². The van der Waals surface area contributed by atoms with Crippen molar-refractivity contribution in [2.45, 2.75) is 6.92 Å². The van der Waals surface area contributed by atoms with Gasteiger partial charge in [0.1, 0.15) is 11.5 Å². The third kappa shape index (κ3) is 4.94. The van der Waals surface area contributed by atoms with Crippen LogP contribution >= 0.6 is 28.1 Å². The standard InChI is InChI=1S/C17H17BrN2O3S/c1-3-23-15-8-7-11(9-14(15)18)16(21)20-17(24)19-12-5-4-6-13(10-12)22-2/h4-10H,3H2,1-2H3,(H2,19,20,21,24). The van der Waals surface area contributed by atoms with Crippen LogP contribution in [0.15, 0.2) is 46.9 Å². The number of amides is 1. The molecule has 0 spiro atoms. The molecule has 0 aliphatic rings. The maximum Gasteiger partial charge on any atom is 0.257 e. The van der Waals surface area contributed by atoms with Crippen LogP contribution < -0.4 is 20.1 Å². The third-order valence-corrected chi connectivity index (χ3v) is 3.87. The Morgan fingerprint density at radius 2 is 2.04 bits per heavy atom. The van der Waals surface area contributed by atoms with E-state index in [0.29, 0.717) is 28.1 Å². The summed E-state index contributed by atoms with van der Waals surface area (Å²) in [6.07, 6.45) is 0.